The molecule has 7 heteroatoms. The number of nitrogen functional groups attached to an aromatic ring is 1. The van der Waals surface area contributed by atoms with E-state index in [4.69, 9.17) is 5.73 Å². The summed E-state index contributed by atoms with van der Waals surface area (Å²) in [5.74, 6) is 0.747. The third-order valence-electron chi connectivity index (χ3n) is 3.97. The first-order valence-corrected chi connectivity index (χ1v) is 7.78. The molecule has 0 radical (unpaired) electrons. The Morgan fingerprint density at radius 1 is 1.08 bits per heavy atom. The first kappa shape index (κ1) is 23.5. The topological polar surface area (TPSA) is 91.4 Å². The van der Waals surface area contributed by atoms with Crippen LogP contribution in [0.5, 0.6) is 5.75 Å². The van der Waals surface area contributed by atoms with E-state index in [1.165, 1.54) is 5.56 Å². The van der Waals surface area contributed by atoms with Crippen LogP contribution in [0, 0.1) is 0 Å². The maximum atomic E-state index is 9.38. The van der Waals surface area contributed by atoms with Crippen LogP contribution in [0.1, 0.15) is 37.1 Å². The number of aliphatic hydroxyl groups is 1. The minimum Gasteiger partial charge on any atom is -0.508 e. The van der Waals surface area contributed by atoms with Gasteiger partial charge in [0.05, 0.1) is 12.3 Å². The Balaban J connectivity index is 0.00000288. The molecule has 0 unspecified atom stereocenters. The highest BCUT2D eigenvalue weighted by Gasteiger charge is 2.18. The van der Waals surface area contributed by atoms with Crippen molar-refractivity contribution in [2.24, 2.45) is 0 Å². The second kappa shape index (κ2) is 10.5. The molecule has 25 heavy (non-hydrogen) atoms. The highest BCUT2D eigenvalue weighted by Crippen LogP contribution is 2.17. The maximum Gasteiger partial charge on any atom is 0.123 e. The van der Waals surface area contributed by atoms with Gasteiger partial charge in [0, 0.05) is 17.6 Å². The van der Waals surface area contributed by atoms with E-state index in [9.17, 15) is 10.2 Å². The van der Waals surface area contributed by atoms with Gasteiger partial charge in [-0.1, -0.05) is 18.2 Å². The number of anilines is 1. The molecule has 0 saturated heterocycles. The summed E-state index contributed by atoms with van der Waals surface area (Å²) in [6, 6.07) is 10.8. The van der Waals surface area contributed by atoms with Crippen LogP contribution < -0.4 is 11.1 Å². The van der Waals surface area contributed by atoms with E-state index in [2.05, 4.69) is 24.1 Å². The van der Waals surface area contributed by atoms with Crippen molar-refractivity contribution in [2.75, 3.05) is 5.73 Å². The Morgan fingerprint density at radius 3 is 2.32 bits per heavy atom. The predicted octanol–water partition coefficient (Wildman–Crippen LogP) is 3.21. The number of nitrogens with zero attached hydrogens (tertiary/aromatic N) is 1. The van der Waals surface area contributed by atoms with Crippen molar-refractivity contribution >= 4 is 30.6 Å². The third kappa shape index (κ3) is 7.48. The Morgan fingerprint density at radius 2 is 1.72 bits per heavy atom. The second-order valence-electron chi connectivity index (χ2n) is 6.40. The standard InChI is InChI=1S/C18H25N3O2.2ClH/c1-18(2,10-9-13-3-6-15(23)7-4-13)20-11-16-14(12-22)5-8-17(19)21-16;;/h3-8,20,22-23H,9-12H2,1-2H3,(H2,19,21);2*1H. The number of nitrogens with one attached hydrogen (secondary N) is 1. The van der Waals surface area contributed by atoms with Gasteiger partial charge in [0.25, 0.3) is 0 Å². The number of aromatic nitrogens is 1. The van der Waals surface area contributed by atoms with Crippen molar-refractivity contribution in [2.45, 2.75) is 45.4 Å². The van der Waals surface area contributed by atoms with Gasteiger partial charge < -0.3 is 21.3 Å². The number of nitrogens with two attached hydrogens (primary N) is 1. The zero-order valence-corrected chi connectivity index (χ0v) is 16.2. The summed E-state index contributed by atoms with van der Waals surface area (Å²) >= 11 is 0. The zero-order chi connectivity index (χ0) is 16.9. The quantitative estimate of drug-likeness (QED) is 0.585. The highest BCUT2D eigenvalue weighted by atomic mass is 35.5. The minimum atomic E-state index is -0.0864. The maximum absolute atomic E-state index is 9.38. The molecule has 0 aliphatic rings. The molecule has 2 rings (SSSR count). The SMILES string of the molecule is CC(C)(CCc1ccc(O)cc1)NCc1nc(N)ccc1CO.Cl.Cl. The average molecular weight is 388 g/mol. The van der Waals surface area contributed by atoms with Crippen LogP contribution in [0.25, 0.3) is 0 Å². The molecule has 0 aliphatic carbocycles. The molecule has 1 heterocycles. The number of aliphatic hydroxyl groups excluding tert-OH is 1. The molecule has 0 aliphatic heterocycles. The van der Waals surface area contributed by atoms with Gasteiger partial charge >= 0.3 is 0 Å². The van der Waals surface area contributed by atoms with Crippen molar-refractivity contribution in [1.82, 2.24) is 10.3 Å². The molecule has 0 bridgehead atoms. The van der Waals surface area contributed by atoms with Crippen LogP contribution in [0.15, 0.2) is 36.4 Å². The van der Waals surface area contributed by atoms with Crippen LogP contribution in [0.3, 0.4) is 0 Å². The first-order chi connectivity index (χ1) is 10.9. The summed E-state index contributed by atoms with van der Waals surface area (Å²) in [6.07, 6.45) is 1.85. The van der Waals surface area contributed by atoms with E-state index in [0.717, 1.165) is 24.1 Å². The average Bonchev–Trinajstić information content (AvgIpc) is 2.53. The van der Waals surface area contributed by atoms with Crippen molar-refractivity contribution in [3.8, 4) is 5.75 Å². The van der Waals surface area contributed by atoms with Gasteiger partial charge in [-0.05, 0) is 50.5 Å². The number of benzene rings is 1. The van der Waals surface area contributed by atoms with Gasteiger partial charge in [0.1, 0.15) is 11.6 Å². The van der Waals surface area contributed by atoms with E-state index in [0.29, 0.717) is 12.4 Å². The third-order valence-corrected chi connectivity index (χ3v) is 3.97. The van der Waals surface area contributed by atoms with Gasteiger partial charge in [-0.3, -0.25) is 0 Å². The lowest BCUT2D eigenvalue weighted by molar-refractivity contribution is 0.278. The molecule has 5 nitrogen and oxygen atoms in total. The van der Waals surface area contributed by atoms with Crippen molar-refractivity contribution in [3.63, 3.8) is 0 Å². The Hall–Kier alpha value is -1.53. The molecule has 1 aromatic heterocycles. The molecule has 0 saturated carbocycles. The molecular weight excluding hydrogens is 361 g/mol. The number of phenolic OH excluding ortho intramolecular Hbond substituents is 1. The van der Waals surface area contributed by atoms with Crippen LogP contribution >= 0.6 is 24.8 Å². The zero-order valence-electron chi connectivity index (χ0n) is 14.5. The number of pyridine rings is 1. The van der Waals surface area contributed by atoms with E-state index in [1.807, 2.05) is 18.2 Å². The molecular formula is C18H27Cl2N3O2. The number of aryl methyl sites for hydroxylation is 1. The highest BCUT2D eigenvalue weighted by molar-refractivity contribution is 5.85. The van der Waals surface area contributed by atoms with Crippen LogP contribution in [-0.4, -0.2) is 20.7 Å². The smallest absolute Gasteiger partial charge is 0.123 e. The van der Waals surface area contributed by atoms with Crippen molar-refractivity contribution in [3.05, 3.63) is 53.2 Å². The number of phenols is 1. The predicted molar refractivity (Wildman–Crippen MR) is 106 cm³/mol. The summed E-state index contributed by atoms with van der Waals surface area (Å²) in [7, 11) is 0. The molecule has 0 fully saturated rings. The molecule has 140 valence electrons. The Labute approximate surface area is 161 Å². The summed E-state index contributed by atoms with van der Waals surface area (Å²) in [5.41, 5.74) is 8.41. The van der Waals surface area contributed by atoms with Crippen LogP contribution in [-0.2, 0) is 19.6 Å². The lowest BCUT2D eigenvalue weighted by Crippen LogP contribution is -2.39. The van der Waals surface area contributed by atoms with E-state index in [-0.39, 0.29) is 42.7 Å². The van der Waals surface area contributed by atoms with Gasteiger partial charge in [0.15, 0.2) is 0 Å². The van der Waals surface area contributed by atoms with Crippen LogP contribution in [0.2, 0.25) is 0 Å². The largest absolute Gasteiger partial charge is 0.508 e. The van der Waals surface area contributed by atoms with Gasteiger partial charge in [0.2, 0.25) is 0 Å². The van der Waals surface area contributed by atoms with Gasteiger partial charge in [-0.25, -0.2) is 4.98 Å². The second-order valence-corrected chi connectivity index (χ2v) is 6.40. The summed E-state index contributed by atoms with van der Waals surface area (Å²) in [6.45, 7) is 4.79. The van der Waals surface area contributed by atoms with E-state index < -0.39 is 0 Å². The number of hydrogen-bond donors (Lipinski definition) is 4. The van der Waals surface area contributed by atoms with Gasteiger partial charge in [-0.15, -0.1) is 24.8 Å². The van der Waals surface area contributed by atoms with Crippen molar-refractivity contribution < 1.29 is 10.2 Å². The molecule has 1 aromatic carbocycles. The fourth-order valence-electron chi connectivity index (χ4n) is 2.37. The van der Waals surface area contributed by atoms with Gasteiger partial charge in [-0.2, -0.15) is 0 Å². The summed E-state index contributed by atoms with van der Waals surface area (Å²) in [4.78, 5) is 4.30. The first-order valence-electron chi connectivity index (χ1n) is 7.78. The lowest BCUT2D eigenvalue weighted by Gasteiger charge is -2.27. The van der Waals surface area contributed by atoms with E-state index >= 15 is 0 Å². The molecule has 0 amide bonds. The van der Waals surface area contributed by atoms with Crippen LogP contribution in [0.4, 0.5) is 5.82 Å². The fraction of sp³-hybridized carbons (Fsp3) is 0.389. The molecule has 0 atom stereocenters. The fourth-order valence-corrected chi connectivity index (χ4v) is 2.37. The summed E-state index contributed by atoms with van der Waals surface area (Å²) in [5, 5.41) is 22.2. The van der Waals surface area contributed by atoms with Crippen molar-refractivity contribution in [1.29, 1.82) is 0 Å². The number of halogens is 2. The molecule has 0 spiro atoms. The molecule has 5 N–H and O–H groups in total. The molecule has 2 aromatic rings. The van der Waals surface area contributed by atoms with E-state index in [1.54, 1.807) is 18.2 Å². The minimum absolute atomic E-state index is 0. The normalized spacial score (nSPS) is 10.7. The monoisotopic (exact) mass is 387 g/mol. The lowest BCUT2D eigenvalue weighted by atomic mass is 9.95. The summed E-state index contributed by atoms with van der Waals surface area (Å²) < 4.78 is 0. The number of rotatable bonds is 7. The Kier molecular flexibility index (Phi) is 9.82. The number of aromatic hydroxyl groups is 1. The Bertz CT molecular complexity index is 649. The number of hydrogen-bond acceptors (Lipinski definition) is 5.